The van der Waals surface area contributed by atoms with Crippen molar-refractivity contribution in [2.75, 3.05) is 13.1 Å². The van der Waals surface area contributed by atoms with Gasteiger partial charge >= 0.3 is 0 Å². The van der Waals surface area contributed by atoms with E-state index in [-0.39, 0.29) is 0 Å². The van der Waals surface area contributed by atoms with Crippen LogP contribution in [-0.2, 0) is 0 Å². The lowest BCUT2D eigenvalue weighted by atomic mass is 10.4. The quantitative estimate of drug-likeness (QED) is 0.496. The fourth-order valence-electron chi connectivity index (χ4n) is 0.924. The molecule has 72 valence electrons. The normalized spacial score (nSPS) is 12.7. The summed E-state index contributed by atoms with van der Waals surface area (Å²) in [5, 5.41) is 3.39. The Bertz CT molecular complexity index is 124. The highest BCUT2D eigenvalue weighted by Gasteiger charge is 2.05. The minimum atomic E-state index is -0.934. The number of rotatable bonds is 6. The summed E-state index contributed by atoms with van der Waals surface area (Å²) >= 11 is 0. The lowest BCUT2D eigenvalue weighted by Crippen LogP contribution is -2.17. The maximum atomic E-state index is 3.39. The predicted molar refractivity (Wildman–Crippen MR) is 60.3 cm³/mol. The van der Waals surface area contributed by atoms with E-state index in [1.807, 2.05) is 0 Å². The van der Waals surface area contributed by atoms with Crippen LogP contribution in [0.25, 0.3) is 0 Å². The predicted octanol–water partition coefficient (Wildman–Crippen LogP) is 2.81. The van der Waals surface area contributed by atoms with Crippen molar-refractivity contribution in [2.24, 2.45) is 0 Å². The second kappa shape index (κ2) is 6.43. The van der Waals surface area contributed by atoms with Crippen molar-refractivity contribution in [3.63, 3.8) is 0 Å². The van der Waals surface area contributed by atoms with Gasteiger partial charge in [0.15, 0.2) is 0 Å². The van der Waals surface area contributed by atoms with Crippen molar-refractivity contribution in [1.29, 1.82) is 0 Å². The first-order valence-electron chi connectivity index (χ1n) is 4.94. The van der Waals surface area contributed by atoms with Gasteiger partial charge in [0.05, 0.1) is 8.07 Å². The molecule has 12 heavy (non-hydrogen) atoms. The molecule has 0 aliphatic rings. The summed E-state index contributed by atoms with van der Waals surface area (Å²) in [6.07, 6.45) is 4.75. The second-order valence-corrected chi connectivity index (χ2v) is 9.37. The Morgan fingerprint density at radius 3 is 2.33 bits per heavy atom. The largest absolute Gasteiger partial charge is 0.316 e. The molecule has 2 heteroatoms. The molecule has 0 aromatic rings. The van der Waals surface area contributed by atoms with Crippen LogP contribution in [-0.4, -0.2) is 21.2 Å². The molecule has 0 aliphatic carbocycles. The lowest BCUT2D eigenvalue weighted by molar-refractivity contribution is 0.678. The first-order valence-corrected chi connectivity index (χ1v) is 8.52. The number of hydrogen-bond donors (Lipinski definition) is 1. The van der Waals surface area contributed by atoms with E-state index in [4.69, 9.17) is 0 Å². The standard InChI is InChI=1S/C10H23NSi/c1-5-8-11-9-6-7-10-12(2,3)4/h7,10-11H,5-6,8-9H2,1-4H3/b10-7+. The molecule has 0 aromatic heterocycles. The first kappa shape index (κ1) is 11.9. The summed E-state index contributed by atoms with van der Waals surface area (Å²) < 4.78 is 0. The van der Waals surface area contributed by atoms with E-state index in [1.54, 1.807) is 0 Å². The fourth-order valence-corrected chi connectivity index (χ4v) is 1.80. The summed E-state index contributed by atoms with van der Waals surface area (Å²) in [6, 6.07) is 0. The van der Waals surface area contributed by atoms with Crippen molar-refractivity contribution in [1.82, 2.24) is 5.32 Å². The molecule has 0 saturated carbocycles. The molecule has 0 bridgehead atoms. The third-order valence-electron chi connectivity index (χ3n) is 1.53. The summed E-state index contributed by atoms with van der Waals surface area (Å²) in [6.45, 7) is 11.6. The van der Waals surface area contributed by atoms with Gasteiger partial charge in [-0.2, -0.15) is 0 Å². The molecule has 0 rings (SSSR count). The molecular weight excluding hydrogens is 162 g/mol. The highest BCUT2D eigenvalue weighted by molar-refractivity contribution is 6.80. The van der Waals surface area contributed by atoms with Crippen LogP contribution in [0, 0.1) is 0 Å². The number of hydrogen-bond acceptors (Lipinski definition) is 1. The average molecular weight is 185 g/mol. The van der Waals surface area contributed by atoms with Gasteiger partial charge in [0.1, 0.15) is 0 Å². The molecule has 0 fully saturated rings. The van der Waals surface area contributed by atoms with Gasteiger partial charge < -0.3 is 5.32 Å². The molecule has 0 aromatic carbocycles. The van der Waals surface area contributed by atoms with Gasteiger partial charge in [-0.3, -0.25) is 0 Å². The van der Waals surface area contributed by atoms with Gasteiger partial charge in [-0.25, -0.2) is 0 Å². The van der Waals surface area contributed by atoms with E-state index in [2.05, 4.69) is 43.7 Å². The number of nitrogens with one attached hydrogen (secondary N) is 1. The van der Waals surface area contributed by atoms with Crippen LogP contribution in [0.2, 0.25) is 19.6 Å². The monoisotopic (exact) mass is 185 g/mol. The minimum Gasteiger partial charge on any atom is -0.316 e. The minimum absolute atomic E-state index is 0.934. The van der Waals surface area contributed by atoms with E-state index in [1.165, 1.54) is 12.8 Å². The summed E-state index contributed by atoms with van der Waals surface area (Å²) in [4.78, 5) is 0. The van der Waals surface area contributed by atoms with E-state index >= 15 is 0 Å². The molecule has 0 saturated heterocycles. The smallest absolute Gasteiger partial charge is 0.0682 e. The summed E-state index contributed by atoms with van der Waals surface area (Å²) in [5.41, 5.74) is 2.42. The Labute approximate surface area is 78.3 Å². The van der Waals surface area contributed by atoms with Crippen molar-refractivity contribution in [3.05, 3.63) is 11.8 Å². The van der Waals surface area contributed by atoms with Crippen LogP contribution in [0.4, 0.5) is 0 Å². The van der Waals surface area contributed by atoms with Gasteiger partial charge in [-0.15, -0.1) is 0 Å². The summed E-state index contributed by atoms with van der Waals surface area (Å²) in [7, 11) is -0.934. The van der Waals surface area contributed by atoms with Gasteiger partial charge in [0.2, 0.25) is 0 Å². The Morgan fingerprint density at radius 1 is 1.17 bits per heavy atom. The van der Waals surface area contributed by atoms with Crippen LogP contribution in [0.15, 0.2) is 11.8 Å². The van der Waals surface area contributed by atoms with Crippen LogP contribution >= 0.6 is 0 Å². The van der Waals surface area contributed by atoms with Crippen molar-refractivity contribution >= 4 is 8.07 Å². The molecule has 0 aliphatic heterocycles. The Morgan fingerprint density at radius 2 is 1.83 bits per heavy atom. The first-order chi connectivity index (χ1) is 5.56. The van der Waals surface area contributed by atoms with Gasteiger partial charge in [-0.05, 0) is 25.9 Å². The zero-order valence-electron chi connectivity index (χ0n) is 8.98. The second-order valence-electron chi connectivity index (χ2n) is 4.31. The molecule has 0 amide bonds. The molecule has 0 spiro atoms. The average Bonchev–Trinajstić information content (AvgIpc) is 1.94. The van der Waals surface area contributed by atoms with E-state index in [0.29, 0.717) is 0 Å². The molecule has 0 atom stereocenters. The van der Waals surface area contributed by atoms with Gasteiger partial charge in [0, 0.05) is 0 Å². The highest BCUT2D eigenvalue weighted by atomic mass is 28.3. The third kappa shape index (κ3) is 9.92. The van der Waals surface area contributed by atoms with Crippen LogP contribution < -0.4 is 5.32 Å². The van der Waals surface area contributed by atoms with E-state index < -0.39 is 8.07 Å². The molecule has 0 unspecified atom stereocenters. The molecular formula is C10H23NSi. The topological polar surface area (TPSA) is 12.0 Å². The molecule has 1 nitrogen and oxygen atoms in total. The van der Waals surface area contributed by atoms with Crippen molar-refractivity contribution in [3.8, 4) is 0 Å². The lowest BCUT2D eigenvalue weighted by Gasteiger charge is -2.07. The Kier molecular flexibility index (Phi) is 6.39. The van der Waals surface area contributed by atoms with E-state index in [9.17, 15) is 0 Å². The highest BCUT2D eigenvalue weighted by Crippen LogP contribution is 2.01. The third-order valence-corrected chi connectivity index (χ3v) is 2.77. The van der Waals surface area contributed by atoms with Crippen LogP contribution in [0.1, 0.15) is 19.8 Å². The van der Waals surface area contributed by atoms with Crippen LogP contribution in [0.5, 0.6) is 0 Å². The Hall–Kier alpha value is -0.0831. The zero-order chi connectivity index (χ0) is 9.45. The summed E-state index contributed by atoms with van der Waals surface area (Å²) in [5.74, 6) is 0. The zero-order valence-corrected chi connectivity index (χ0v) is 9.98. The SMILES string of the molecule is CCCNCC/C=C/[Si](C)(C)C. The maximum Gasteiger partial charge on any atom is 0.0682 e. The van der Waals surface area contributed by atoms with Gasteiger partial charge in [-0.1, -0.05) is 38.3 Å². The molecule has 1 N–H and O–H groups in total. The molecule has 0 radical (unpaired) electrons. The maximum absolute atomic E-state index is 3.39. The Balaban J connectivity index is 3.25. The fraction of sp³-hybridized carbons (Fsp3) is 0.800. The van der Waals surface area contributed by atoms with E-state index in [0.717, 1.165) is 13.1 Å². The van der Waals surface area contributed by atoms with Crippen molar-refractivity contribution in [2.45, 2.75) is 39.4 Å². The van der Waals surface area contributed by atoms with Crippen LogP contribution in [0.3, 0.4) is 0 Å². The molecule has 0 heterocycles. The van der Waals surface area contributed by atoms with Gasteiger partial charge in [0.25, 0.3) is 0 Å². The van der Waals surface area contributed by atoms with Crippen molar-refractivity contribution < 1.29 is 0 Å².